The first kappa shape index (κ1) is 11.6. The second kappa shape index (κ2) is 6.13. The molecular weight excluding hydrogens is 198 g/mol. The number of hydrogen-bond acceptors (Lipinski definition) is 4. The van der Waals surface area contributed by atoms with Gasteiger partial charge in [0, 0.05) is 6.61 Å². The van der Waals surface area contributed by atoms with Crippen LogP contribution in [-0.4, -0.2) is 26.4 Å². The molecule has 1 heterocycles. The third-order valence-corrected chi connectivity index (χ3v) is 2.11. The molecule has 15 heavy (non-hydrogen) atoms. The molecule has 0 unspecified atom stereocenters. The highest BCUT2D eigenvalue weighted by Gasteiger charge is 2.09. The summed E-state index contributed by atoms with van der Waals surface area (Å²) in [5.74, 6) is -0.106. The maximum absolute atomic E-state index is 10.3. The van der Waals surface area contributed by atoms with Crippen molar-refractivity contribution in [1.82, 2.24) is 9.78 Å². The number of aryl methyl sites for hydroxylation is 1. The summed E-state index contributed by atoms with van der Waals surface area (Å²) in [5.41, 5.74) is 0. The van der Waals surface area contributed by atoms with Gasteiger partial charge >= 0.3 is 5.82 Å². The first-order valence-corrected chi connectivity index (χ1v) is 5.03. The van der Waals surface area contributed by atoms with E-state index in [2.05, 4.69) is 5.10 Å². The minimum Gasteiger partial charge on any atom is -0.396 e. The van der Waals surface area contributed by atoms with Crippen molar-refractivity contribution >= 4 is 5.82 Å². The molecule has 0 spiro atoms. The van der Waals surface area contributed by atoms with E-state index in [9.17, 15) is 10.1 Å². The highest BCUT2D eigenvalue weighted by atomic mass is 16.6. The van der Waals surface area contributed by atoms with Crippen molar-refractivity contribution in [1.29, 1.82) is 0 Å². The van der Waals surface area contributed by atoms with Gasteiger partial charge in [-0.25, -0.2) is 0 Å². The third-order valence-electron chi connectivity index (χ3n) is 2.11. The Balaban J connectivity index is 2.23. The fourth-order valence-corrected chi connectivity index (χ4v) is 1.31. The lowest BCUT2D eigenvalue weighted by Gasteiger charge is -1.97. The van der Waals surface area contributed by atoms with Gasteiger partial charge in [0.1, 0.15) is 0 Å². The minimum atomic E-state index is -0.498. The van der Waals surface area contributed by atoms with Gasteiger partial charge in [0.25, 0.3) is 0 Å². The standard InChI is InChI=1S/C9H15N3O3/c13-8-4-2-1-3-6-11-7-5-9(10-11)12(14)15/h5,7,13H,1-4,6,8H2. The molecule has 0 fully saturated rings. The van der Waals surface area contributed by atoms with Crippen molar-refractivity contribution in [3.05, 3.63) is 22.4 Å². The summed E-state index contributed by atoms with van der Waals surface area (Å²) < 4.78 is 1.58. The Labute approximate surface area is 87.7 Å². The summed E-state index contributed by atoms with van der Waals surface area (Å²) in [5, 5.41) is 22.7. The summed E-state index contributed by atoms with van der Waals surface area (Å²) in [6.45, 7) is 0.923. The van der Waals surface area contributed by atoms with Gasteiger partial charge in [-0.05, 0) is 17.8 Å². The van der Waals surface area contributed by atoms with Crippen LogP contribution in [0.1, 0.15) is 25.7 Å². The van der Waals surface area contributed by atoms with Crippen LogP contribution < -0.4 is 0 Å². The number of aliphatic hydroxyl groups is 1. The molecule has 0 bridgehead atoms. The Bertz CT molecular complexity index is 311. The lowest BCUT2D eigenvalue weighted by Crippen LogP contribution is -2.00. The van der Waals surface area contributed by atoms with E-state index >= 15 is 0 Å². The van der Waals surface area contributed by atoms with Gasteiger partial charge in [0.05, 0.1) is 23.9 Å². The number of aliphatic hydroxyl groups excluding tert-OH is 1. The van der Waals surface area contributed by atoms with Crippen molar-refractivity contribution in [2.75, 3.05) is 6.61 Å². The fraction of sp³-hybridized carbons (Fsp3) is 0.667. The summed E-state index contributed by atoms with van der Waals surface area (Å²) in [6.07, 6.45) is 5.36. The molecule has 1 N–H and O–H groups in total. The smallest absolute Gasteiger partial charge is 0.389 e. The number of unbranched alkanes of at least 4 members (excludes halogenated alkanes) is 3. The van der Waals surface area contributed by atoms with Crippen molar-refractivity contribution < 1.29 is 10.0 Å². The average molecular weight is 213 g/mol. The van der Waals surface area contributed by atoms with Crippen LogP contribution in [0.2, 0.25) is 0 Å². The number of hydrogen-bond donors (Lipinski definition) is 1. The summed E-state index contributed by atoms with van der Waals surface area (Å²) in [7, 11) is 0. The van der Waals surface area contributed by atoms with Gasteiger partial charge in [-0.3, -0.25) is 0 Å². The summed E-state index contributed by atoms with van der Waals surface area (Å²) >= 11 is 0. The number of aromatic nitrogens is 2. The Morgan fingerprint density at radius 2 is 2.13 bits per heavy atom. The summed E-state index contributed by atoms with van der Waals surface area (Å²) in [4.78, 5) is 9.83. The van der Waals surface area contributed by atoms with Gasteiger partial charge in [0.15, 0.2) is 0 Å². The lowest BCUT2D eigenvalue weighted by molar-refractivity contribution is -0.389. The molecule has 1 rings (SSSR count). The Morgan fingerprint density at radius 3 is 2.73 bits per heavy atom. The van der Waals surface area contributed by atoms with E-state index in [1.807, 2.05) is 0 Å². The van der Waals surface area contributed by atoms with E-state index in [0.717, 1.165) is 25.7 Å². The van der Waals surface area contributed by atoms with E-state index in [1.165, 1.54) is 6.07 Å². The quantitative estimate of drug-likeness (QED) is 0.421. The Kier molecular flexibility index (Phi) is 4.76. The predicted octanol–water partition coefficient (Wildman–Crippen LogP) is 1.34. The maximum atomic E-state index is 10.3. The molecule has 0 saturated carbocycles. The molecule has 0 atom stereocenters. The molecule has 6 nitrogen and oxygen atoms in total. The molecule has 6 heteroatoms. The van der Waals surface area contributed by atoms with Crippen LogP contribution in [0.5, 0.6) is 0 Å². The molecule has 0 radical (unpaired) electrons. The van der Waals surface area contributed by atoms with Crippen molar-refractivity contribution in [2.45, 2.75) is 32.2 Å². The SMILES string of the molecule is O=[N+]([O-])c1ccn(CCCCCCO)n1. The van der Waals surface area contributed by atoms with E-state index in [1.54, 1.807) is 10.9 Å². The maximum Gasteiger partial charge on any atom is 0.389 e. The zero-order chi connectivity index (χ0) is 11.1. The largest absolute Gasteiger partial charge is 0.396 e. The minimum absolute atomic E-state index is 0.106. The van der Waals surface area contributed by atoms with Gasteiger partial charge < -0.3 is 15.2 Å². The average Bonchev–Trinajstić information content (AvgIpc) is 2.66. The van der Waals surface area contributed by atoms with E-state index < -0.39 is 4.92 Å². The van der Waals surface area contributed by atoms with Crippen LogP contribution >= 0.6 is 0 Å². The van der Waals surface area contributed by atoms with Gasteiger partial charge in [0.2, 0.25) is 0 Å². The number of nitrogens with zero attached hydrogens (tertiary/aromatic N) is 3. The molecule has 0 aromatic carbocycles. The van der Waals surface area contributed by atoms with E-state index in [0.29, 0.717) is 6.54 Å². The summed E-state index contributed by atoms with van der Waals surface area (Å²) in [6, 6.07) is 1.40. The second-order valence-electron chi connectivity index (χ2n) is 3.33. The molecule has 0 aliphatic heterocycles. The zero-order valence-electron chi connectivity index (χ0n) is 8.50. The van der Waals surface area contributed by atoms with E-state index in [-0.39, 0.29) is 12.4 Å². The Hall–Kier alpha value is -1.43. The van der Waals surface area contributed by atoms with Crippen LogP contribution in [0.25, 0.3) is 0 Å². The second-order valence-corrected chi connectivity index (χ2v) is 3.33. The zero-order valence-corrected chi connectivity index (χ0v) is 8.50. The molecule has 1 aromatic heterocycles. The van der Waals surface area contributed by atoms with Crippen LogP contribution in [0, 0.1) is 10.1 Å². The van der Waals surface area contributed by atoms with Gasteiger partial charge in [-0.2, -0.15) is 4.68 Å². The third kappa shape index (κ3) is 4.07. The van der Waals surface area contributed by atoms with Crippen molar-refractivity contribution in [2.24, 2.45) is 0 Å². The van der Waals surface area contributed by atoms with Gasteiger partial charge in [-0.15, -0.1) is 0 Å². The topological polar surface area (TPSA) is 81.2 Å². The van der Waals surface area contributed by atoms with E-state index in [4.69, 9.17) is 5.11 Å². The monoisotopic (exact) mass is 213 g/mol. The Morgan fingerprint density at radius 1 is 1.40 bits per heavy atom. The lowest BCUT2D eigenvalue weighted by atomic mass is 10.2. The van der Waals surface area contributed by atoms with Crippen LogP contribution in [-0.2, 0) is 6.54 Å². The number of nitro groups is 1. The molecular formula is C9H15N3O3. The van der Waals surface area contributed by atoms with Gasteiger partial charge in [-0.1, -0.05) is 12.8 Å². The highest BCUT2D eigenvalue weighted by Crippen LogP contribution is 2.07. The molecule has 1 aromatic rings. The first-order valence-electron chi connectivity index (χ1n) is 5.03. The molecule has 84 valence electrons. The highest BCUT2D eigenvalue weighted by molar-refractivity contribution is 5.13. The number of rotatable bonds is 7. The van der Waals surface area contributed by atoms with Crippen molar-refractivity contribution in [3.63, 3.8) is 0 Å². The molecule has 0 amide bonds. The normalized spacial score (nSPS) is 10.5. The van der Waals surface area contributed by atoms with Crippen LogP contribution in [0.15, 0.2) is 12.3 Å². The van der Waals surface area contributed by atoms with Crippen LogP contribution in [0.4, 0.5) is 5.82 Å². The molecule has 0 aliphatic carbocycles. The fourth-order valence-electron chi connectivity index (χ4n) is 1.31. The first-order chi connectivity index (χ1) is 7.24. The molecule has 0 saturated heterocycles. The predicted molar refractivity (Wildman–Crippen MR) is 54.4 cm³/mol. The molecule has 0 aliphatic rings. The van der Waals surface area contributed by atoms with Crippen molar-refractivity contribution in [3.8, 4) is 0 Å². The van der Waals surface area contributed by atoms with Crippen LogP contribution in [0.3, 0.4) is 0 Å².